The van der Waals surface area contributed by atoms with Crippen molar-refractivity contribution in [3.05, 3.63) is 65.1 Å². The van der Waals surface area contributed by atoms with Gasteiger partial charge in [0.1, 0.15) is 12.3 Å². The summed E-state index contributed by atoms with van der Waals surface area (Å²) < 4.78 is 1.48. The minimum Gasteiger partial charge on any atom is -0.508 e. The molecular weight excluding hydrogens is 344 g/mol. The van der Waals surface area contributed by atoms with E-state index < -0.39 is 0 Å². The summed E-state index contributed by atoms with van der Waals surface area (Å²) >= 11 is 0. The third kappa shape index (κ3) is 3.48. The molecule has 0 saturated carbocycles. The Balaban J connectivity index is 1.45. The van der Waals surface area contributed by atoms with Gasteiger partial charge in [-0.3, -0.25) is 14.2 Å². The fourth-order valence-electron chi connectivity index (χ4n) is 3.39. The van der Waals surface area contributed by atoms with Crippen molar-refractivity contribution in [2.45, 2.75) is 6.54 Å². The Morgan fingerprint density at radius 2 is 1.70 bits per heavy atom. The third-order valence-electron chi connectivity index (χ3n) is 4.89. The molecule has 1 N–H and O–H groups in total. The van der Waals surface area contributed by atoms with E-state index in [1.165, 1.54) is 10.8 Å². The molecule has 138 valence electrons. The zero-order valence-electron chi connectivity index (χ0n) is 14.8. The number of phenols is 1. The van der Waals surface area contributed by atoms with Crippen molar-refractivity contribution in [2.75, 3.05) is 31.1 Å². The average molecular weight is 364 g/mol. The lowest BCUT2D eigenvalue weighted by Crippen LogP contribution is -2.50. The Morgan fingerprint density at radius 1 is 1.00 bits per heavy atom. The molecule has 27 heavy (non-hydrogen) atoms. The molecule has 2 aromatic carbocycles. The van der Waals surface area contributed by atoms with E-state index >= 15 is 0 Å². The topological polar surface area (TPSA) is 78.7 Å². The molecule has 7 nitrogen and oxygen atoms in total. The van der Waals surface area contributed by atoms with Crippen LogP contribution in [-0.2, 0) is 11.3 Å². The first-order valence-corrected chi connectivity index (χ1v) is 8.88. The lowest BCUT2D eigenvalue weighted by molar-refractivity contribution is -0.132. The summed E-state index contributed by atoms with van der Waals surface area (Å²) in [7, 11) is 0. The predicted molar refractivity (Wildman–Crippen MR) is 103 cm³/mol. The molecular formula is C20H20N4O3. The summed E-state index contributed by atoms with van der Waals surface area (Å²) in [6.45, 7) is 2.63. The van der Waals surface area contributed by atoms with Gasteiger partial charge in [0.05, 0.1) is 17.2 Å². The number of amides is 1. The zero-order chi connectivity index (χ0) is 18.8. The quantitative estimate of drug-likeness (QED) is 0.761. The number of carbonyl (C=O) groups is 1. The van der Waals surface area contributed by atoms with Crippen LogP contribution in [0, 0.1) is 0 Å². The minimum absolute atomic E-state index is 0.0150. The molecule has 4 rings (SSSR count). The van der Waals surface area contributed by atoms with E-state index in [2.05, 4.69) is 9.88 Å². The Morgan fingerprint density at radius 3 is 2.44 bits per heavy atom. The number of carbonyl (C=O) groups excluding carboxylic acids is 1. The lowest BCUT2D eigenvalue weighted by Gasteiger charge is -2.36. The van der Waals surface area contributed by atoms with E-state index in [9.17, 15) is 14.7 Å². The Bertz CT molecular complexity index is 1020. The summed E-state index contributed by atoms with van der Waals surface area (Å²) in [5.41, 5.74) is 2.11. The van der Waals surface area contributed by atoms with Crippen molar-refractivity contribution in [2.24, 2.45) is 0 Å². The van der Waals surface area contributed by atoms with Gasteiger partial charge in [0.2, 0.25) is 5.91 Å². The Labute approximate surface area is 156 Å². The SMILES string of the molecule is O=C(Cn1c(=O)cnc2ccccc21)N1CCN(c2ccc(O)cc2)CC1. The Kier molecular flexibility index (Phi) is 4.50. The fourth-order valence-corrected chi connectivity index (χ4v) is 3.39. The van der Waals surface area contributed by atoms with Crippen LogP contribution in [0.15, 0.2) is 59.5 Å². The maximum Gasteiger partial charge on any atom is 0.269 e. The van der Waals surface area contributed by atoms with Crippen LogP contribution in [0.3, 0.4) is 0 Å². The fraction of sp³-hybridized carbons (Fsp3) is 0.250. The minimum atomic E-state index is -0.273. The number of anilines is 1. The first-order chi connectivity index (χ1) is 13.1. The van der Waals surface area contributed by atoms with Crippen LogP contribution >= 0.6 is 0 Å². The smallest absolute Gasteiger partial charge is 0.269 e. The molecule has 1 aliphatic rings. The van der Waals surface area contributed by atoms with E-state index in [0.29, 0.717) is 37.2 Å². The number of fused-ring (bicyclic) bond motifs is 1. The average Bonchev–Trinajstić information content (AvgIpc) is 2.71. The number of piperazine rings is 1. The molecule has 1 aliphatic heterocycles. The number of hydrogen-bond acceptors (Lipinski definition) is 5. The molecule has 1 aromatic heterocycles. The van der Waals surface area contributed by atoms with Crippen molar-refractivity contribution in [3.63, 3.8) is 0 Å². The summed E-state index contributed by atoms with van der Waals surface area (Å²) in [6, 6.07) is 14.4. The number of benzene rings is 2. The van der Waals surface area contributed by atoms with Crippen molar-refractivity contribution in [1.82, 2.24) is 14.5 Å². The maximum absolute atomic E-state index is 12.7. The molecule has 1 amide bonds. The molecule has 3 aromatic rings. The van der Waals surface area contributed by atoms with Crippen LogP contribution in [0.1, 0.15) is 0 Å². The van der Waals surface area contributed by atoms with Crippen molar-refractivity contribution in [3.8, 4) is 5.75 Å². The van der Waals surface area contributed by atoms with Gasteiger partial charge in [-0.05, 0) is 36.4 Å². The van der Waals surface area contributed by atoms with Crippen LogP contribution in [-0.4, -0.2) is 51.6 Å². The van der Waals surface area contributed by atoms with Crippen LogP contribution in [0.5, 0.6) is 5.75 Å². The number of phenolic OH excluding ortho intramolecular Hbond substituents is 1. The highest BCUT2D eigenvalue weighted by atomic mass is 16.3. The van der Waals surface area contributed by atoms with Crippen molar-refractivity contribution in [1.29, 1.82) is 0 Å². The number of hydrogen-bond donors (Lipinski definition) is 1. The number of aromatic nitrogens is 2. The van der Waals surface area contributed by atoms with Gasteiger partial charge in [-0.25, -0.2) is 4.98 Å². The first kappa shape index (κ1) is 17.1. The van der Waals surface area contributed by atoms with Crippen LogP contribution in [0.4, 0.5) is 5.69 Å². The van der Waals surface area contributed by atoms with Crippen molar-refractivity contribution < 1.29 is 9.90 Å². The normalized spacial score (nSPS) is 14.5. The lowest BCUT2D eigenvalue weighted by atomic mass is 10.2. The zero-order valence-corrected chi connectivity index (χ0v) is 14.8. The molecule has 0 bridgehead atoms. The first-order valence-electron chi connectivity index (χ1n) is 8.88. The summed E-state index contributed by atoms with van der Waals surface area (Å²) in [5, 5.41) is 9.40. The molecule has 1 saturated heterocycles. The summed E-state index contributed by atoms with van der Waals surface area (Å²) in [4.78, 5) is 33.1. The number of para-hydroxylation sites is 2. The second-order valence-corrected chi connectivity index (χ2v) is 6.56. The molecule has 1 fully saturated rings. The van der Waals surface area contributed by atoms with Crippen LogP contribution < -0.4 is 10.5 Å². The van der Waals surface area contributed by atoms with Crippen LogP contribution in [0.25, 0.3) is 11.0 Å². The van der Waals surface area contributed by atoms with E-state index in [4.69, 9.17) is 0 Å². The van der Waals surface area contributed by atoms with Gasteiger partial charge in [-0.2, -0.15) is 0 Å². The van der Waals surface area contributed by atoms with Gasteiger partial charge in [0.25, 0.3) is 5.56 Å². The van der Waals surface area contributed by atoms with Gasteiger partial charge in [0.15, 0.2) is 0 Å². The largest absolute Gasteiger partial charge is 0.508 e. The van der Waals surface area contributed by atoms with Crippen molar-refractivity contribution >= 4 is 22.6 Å². The molecule has 0 radical (unpaired) electrons. The summed E-state index contributed by atoms with van der Waals surface area (Å²) in [6.07, 6.45) is 1.26. The van der Waals surface area contributed by atoms with Gasteiger partial charge in [0, 0.05) is 31.9 Å². The second-order valence-electron chi connectivity index (χ2n) is 6.56. The monoisotopic (exact) mass is 364 g/mol. The van der Waals surface area contributed by atoms with Gasteiger partial charge in [-0.1, -0.05) is 12.1 Å². The van der Waals surface area contributed by atoms with Gasteiger partial charge < -0.3 is 14.9 Å². The summed E-state index contributed by atoms with van der Waals surface area (Å²) in [5.74, 6) is 0.168. The van der Waals surface area contributed by atoms with E-state index in [1.54, 1.807) is 23.1 Å². The number of nitrogens with zero attached hydrogens (tertiary/aromatic N) is 4. The number of aromatic hydroxyl groups is 1. The van der Waals surface area contributed by atoms with Gasteiger partial charge in [-0.15, -0.1) is 0 Å². The molecule has 7 heteroatoms. The van der Waals surface area contributed by atoms with Crippen LogP contribution in [0.2, 0.25) is 0 Å². The predicted octanol–water partition coefficient (Wildman–Crippen LogP) is 1.45. The third-order valence-corrected chi connectivity index (χ3v) is 4.89. The molecule has 2 heterocycles. The number of rotatable bonds is 3. The highest BCUT2D eigenvalue weighted by Gasteiger charge is 2.22. The van der Waals surface area contributed by atoms with Gasteiger partial charge >= 0.3 is 0 Å². The van der Waals surface area contributed by atoms with E-state index in [0.717, 1.165) is 5.69 Å². The standard InChI is InChI=1S/C20H20N4O3/c25-16-7-5-15(6-8-16)22-9-11-23(12-10-22)20(27)14-24-18-4-2-1-3-17(18)21-13-19(24)26/h1-8,13,25H,9-12,14H2. The molecule has 0 spiro atoms. The highest BCUT2D eigenvalue weighted by Crippen LogP contribution is 2.20. The maximum atomic E-state index is 12.7. The molecule has 0 atom stereocenters. The van der Waals surface area contributed by atoms with E-state index in [-0.39, 0.29) is 23.8 Å². The molecule has 0 unspecified atom stereocenters. The Hall–Kier alpha value is -3.35. The molecule has 0 aliphatic carbocycles. The second kappa shape index (κ2) is 7.11. The highest BCUT2D eigenvalue weighted by molar-refractivity contribution is 5.80. The van der Waals surface area contributed by atoms with E-state index in [1.807, 2.05) is 30.3 Å².